The third-order valence-electron chi connectivity index (χ3n) is 4.02. The molecule has 0 bridgehead atoms. The van der Waals surface area contributed by atoms with E-state index in [-0.39, 0.29) is 12.5 Å². The second-order valence-electron chi connectivity index (χ2n) is 6.25. The minimum Gasteiger partial charge on any atom is -0.493 e. The Kier molecular flexibility index (Phi) is 7.69. The first-order chi connectivity index (χ1) is 14.6. The summed E-state index contributed by atoms with van der Waals surface area (Å²) < 4.78 is 11.2. The summed E-state index contributed by atoms with van der Waals surface area (Å²) in [6, 6.07) is 22.1. The van der Waals surface area contributed by atoms with Crippen molar-refractivity contribution in [3.05, 3.63) is 88.9 Å². The van der Waals surface area contributed by atoms with E-state index in [4.69, 9.17) is 25.9 Å². The number of carbonyl (C=O) groups excluding carboxylic acids is 1. The largest absolute Gasteiger partial charge is 0.493 e. The molecule has 0 aliphatic carbocycles. The highest BCUT2D eigenvalue weighted by molar-refractivity contribution is 6.30. The van der Waals surface area contributed by atoms with Crippen LogP contribution in [0.4, 0.5) is 5.69 Å². The van der Waals surface area contributed by atoms with Gasteiger partial charge < -0.3 is 19.6 Å². The number of rotatable bonds is 9. The van der Waals surface area contributed by atoms with E-state index in [9.17, 15) is 4.79 Å². The maximum Gasteiger partial charge on any atom is 0.265 e. The number of nitrogens with zero attached hydrogens (tertiary/aromatic N) is 1. The van der Waals surface area contributed by atoms with Crippen molar-refractivity contribution in [3.8, 4) is 11.5 Å². The number of nitrogens with one attached hydrogen (secondary N) is 1. The molecule has 0 atom stereocenters. The number of amides is 1. The molecule has 3 rings (SSSR count). The minimum atomic E-state index is -0.322. The van der Waals surface area contributed by atoms with Gasteiger partial charge in [0.25, 0.3) is 5.91 Å². The van der Waals surface area contributed by atoms with Crippen molar-refractivity contribution in [2.75, 3.05) is 19.0 Å². The Balaban J connectivity index is 1.50. The van der Waals surface area contributed by atoms with Gasteiger partial charge in [-0.05, 0) is 48.0 Å². The van der Waals surface area contributed by atoms with Crippen LogP contribution in [0, 0.1) is 0 Å². The van der Waals surface area contributed by atoms with Crippen LogP contribution in [0.25, 0.3) is 0 Å². The fourth-order valence-electron chi connectivity index (χ4n) is 2.54. The van der Waals surface area contributed by atoms with Crippen molar-refractivity contribution in [3.63, 3.8) is 0 Å². The molecule has 0 unspecified atom stereocenters. The summed E-state index contributed by atoms with van der Waals surface area (Å²) in [5.74, 6) is 0.883. The standard InChI is InChI=1S/C23H21ClN2O4/c1-28-22-13-18(7-12-21(22)29-15-17-5-3-2-4-6-17)14-25-30-16-23(27)26-20-10-8-19(24)9-11-20/h2-14H,15-16H2,1H3,(H,26,27)/b25-14+. The molecule has 1 N–H and O–H groups in total. The molecule has 30 heavy (non-hydrogen) atoms. The van der Waals surface area contributed by atoms with Crippen LogP contribution in [0.3, 0.4) is 0 Å². The van der Waals surface area contributed by atoms with Gasteiger partial charge in [-0.1, -0.05) is 47.1 Å². The first kappa shape index (κ1) is 21.2. The van der Waals surface area contributed by atoms with Gasteiger partial charge >= 0.3 is 0 Å². The van der Waals surface area contributed by atoms with Gasteiger partial charge in [0, 0.05) is 16.3 Å². The van der Waals surface area contributed by atoms with Crippen LogP contribution in [0.15, 0.2) is 78.0 Å². The fraction of sp³-hybridized carbons (Fsp3) is 0.130. The molecule has 3 aromatic carbocycles. The van der Waals surface area contributed by atoms with E-state index in [0.29, 0.717) is 28.8 Å². The molecule has 6 nitrogen and oxygen atoms in total. The number of oxime groups is 1. The predicted octanol–water partition coefficient (Wildman–Crippen LogP) is 4.92. The first-order valence-corrected chi connectivity index (χ1v) is 9.57. The average Bonchev–Trinajstić information content (AvgIpc) is 2.78. The van der Waals surface area contributed by atoms with E-state index >= 15 is 0 Å². The summed E-state index contributed by atoms with van der Waals surface area (Å²) in [5.41, 5.74) is 2.44. The molecule has 0 aromatic heterocycles. The van der Waals surface area contributed by atoms with Crippen LogP contribution >= 0.6 is 11.6 Å². The lowest BCUT2D eigenvalue weighted by molar-refractivity contribution is -0.120. The van der Waals surface area contributed by atoms with Gasteiger partial charge in [-0.2, -0.15) is 0 Å². The second kappa shape index (κ2) is 10.9. The number of carbonyl (C=O) groups is 1. The highest BCUT2D eigenvalue weighted by Gasteiger charge is 2.06. The fourth-order valence-corrected chi connectivity index (χ4v) is 2.67. The predicted molar refractivity (Wildman–Crippen MR) is 117 cm³/mol. The van der Waals surface area contributed by atoms with E-state index in [1.165, 1.54) is 6.21 Å². The van der Waals surface area contributed by atoms with Gasteiger partial charge in [0.15, 0.2) is 18.1 Å². The topological polar surface area (TPSA) is 69.2 Å². The zero-order valence-corrected chi connectivity index (χ0v) is 17.1. The van der Waals surface area contributed by atoms with Crippen LogP contribution in [0.2, 0.25) is 5.02 Å². The van der Waals surface area contributed by atoms with Crippen LogP contribution < -0.4 is 14.8 Å². The molecule has 0 aliphatic rings. The lowest BCUT2D eigenvalue weighted by Gasteiger charge is -2.11. The number of benzene rings is 3. The molecular formula is C23H21ClN2O4. The van der Waals surface area contributed by atoms with Gasteiger partial charge in [0.1, 0.15) is 6.61 Å². The molecule has 0 saturated heterocycles. The van der Waals surface area contributed by atoms with Crippen molar-refractivity contribution < 1.29 is 19.1 Å². The molecule has 0 aliphatic heterocycles. The van der Waals surface area contributed by atoms with Gasteiger partial charge in [0.2, 0.25) is 0 Å². The molecule has 1 amide bonds. The summed E-state index contributed by atoms with van der Waals surface area (Å²) >= 11 is 5.81. The Morgan fingerprint density at radius 1 is 1.03 bits per heavy atom. The Labute approximate surface area is 180 Å². The number of hydrogen-bond donors (Lipinski definition) is 1. The molecule has 154 valence electrons. The second-order valence-corrected chi connectivity index (χ2v) is 6.68. The third-order valence-corrected chi connectivity index (χ3v) is 4.28. The smallest absolute Gasteiger partial charge is 0.265 e. The lowest BCUT2D eigenvalue weighted by atomic mass is 10.2. The quantitative estimate of drug-likeness (QED) is 0.391. The summed E-state index contributed by atoms with van der Waals surface area (Å²) in [6.45, 7) is 0.227. The van der Waals surface area contributed by atoms with E-state index in [2.05, 4.69) is 10.5 Å². The highest BCUT2D eigenvalue weighted by atomic mass is 35.5. The lowest BCUT2D eigenvalue weighted by Crippen LogP contribution is -2.16. The van der Waals surface area contributed by atoms with Gasteiger partial charge in [-0.25, -0.2) is 0 Å². The Hall–Kier alpha value is -3.51. The molecule has 0 spiro atoms. The number of ether oxygens (including phenoxy) is 2. The number of hydrogen-bond acceptors (Lipinski definition) is 5. The molecule has 0 radical (unpaired) electrons. The first-order valence-electron chi connectivity index (χ1n) is 9.19. The van der Waals surface area contributed by atoms with Crippen molar-refractivity contribution in [2.24, 2.45) is 5.16 Å². The SMILES string of the molecule is COc1cc(/C=N/OCC(=O)Nc2ccc(Cl)cc2)ccc1OCc1ccccc1. The van der Waals surface area contributed by atoms with Crippen LogP contribution in [0.1, 0.15) is 11.1 Å². The maximum atomic E-state index is 11.9. The van der Waals surface area contributed by atoms with Gasteiger partial charge in [-0.3, -0.25) is 4.79 Å². The average molecular weight is 425 g/mol. The molecule has 7 heteroatoms. The molecular weight excluding hydrogens is 404 g/mol. The van der Waals surface area contributed by atoms with Crippen molar-refractivity contribution in [2.45, 2.75) is 6.61 Å². The Morgan fingerprint density at radius 2 is 1.80 bits per heavy atom. The highest BCUT2D eigenvalue weighted by Crippen LogP contribution is 2.28. The summed E-state index contributed by atoms with van der Waals surface area (Å²) in [6.07, 6.45) is 1.50. The summed E-state index contributed by atoms with van der Waals surface area (Å²) in [5, 5.41) is 7.12. The molecule has 0 heterocycles. The summed E-state index contributed by atoms with van der Waals surface area (Å²) in [4.78, 5) is 16.9. The van der Waals surface area contributed by atoms with E-state index in [0.717, 1.165) is 11.1 Å². The molecule has 3 aromatic rings. The molecule has 0 fully saturated rings. The number of methoxy groups -OCH3 is 1. The monoisotopic (exact) mass is 424 g/mol. The number of halogens is 1. The van der Waals surface area contributed by atoms with Crippen LogP contribution in [-0.2, 0) is 16.2 Å². The number of anilines is 1. The van der Waals surface area contributed by atoms with Gasteiger partial charge in [-0.15, -0.1) is 0 Å². The maximum absolute atomic E-state index is 11.9. The van der Waals surface area contributed by atoms with E-state index in [1.807, 2.05) is 36.4 Å². The van der Waals surface area contributed by atoms with Crippen LogP contribution in [-0.4, -0.2) is 25.8 Å². The van der Waals surface area contributed by atoms with E-state index in [1.54, 1.807) is 43.5 Å². The van der Waals surface area contributed by atoms with Crippen molar-refractivity contribution in [1.82, 2.24) is 0 Å². The molecule has 0 saturated carbocycles. The zero-order valence-electron chi connectivity index (χ0n) is 16.4. The van der Waals surface area contributed by atoms with Gasteiger partial charge in [0.05, 0.1) is 13.3 Å². The normalized spacial score (nSPS) is 10.6. The van der Waals surface area contributed by atoms with Crippen LogP contribution in [0.5, 0.6) is 11.5 Å². The Bertz CT molecular complexity index is 992. The van der Waals surface area contributed by atoms with E-state index < -0.39 is 0 Å². The van der Waals surface area contributed by atoms with Crippen molar-refractivity contribution >= 4 is 29.4 Å². The minimum absolute atomic E-state index is 0.214. The summed E-state index contributed by atoms with van der Waals surface area (Å²) in [7, 11) is 1.57. The Morgan fingerprint density at radius 3 is 2.53 bits per heavy atom. The third kappa shape index (κ3) is 6.53. The van der Waals surface area contributed by atoms with Crippen molar-refractivity contribution in [1.29, 1.82) is 0 Å². The zero-order chi connectivity index (χ0) is 21.2.